The molecule has 1 atom stereocenters. The second-order valence-electron chi connectivity index (χ2n) is 7.84. The summed E-state index contributed by atoms with van der Waals surface area (Å²) in [5.74, 6) is -0.599. The number of nitrogens with zero attached hydrogens (tertiary/aromatic N) is 2. The highest BCUT2D eigenvalue weighted by molar-refractivity contribution is 6.31. The lowest BCUT2D eigenvalue weighted by Gasteiger charge is -2.30. The molecule has 31 heavy (non-hydrogen) atoms. The predicted octanol–water partition coefficient (Wildman–Crippen LogP) is 4.27. The number of carbonyl (C=O) groups is 2. The Morgan fingerprint density at radius 2 is 1.74 bits per heavy atom. The third-order valence-corrected chi connectivity index (χ3v) is 6.07. The summed E-state index contributed by atoms with van der Waals surface area (Å²) in [7, 11) is 0. The number of benzene rings is 2. The van der Waals surface area contributed by atoms with Crippen LogP contribution in [0, 0.1) is 10.1 Å². The van der Waals surface area contributed by atoms with Crippen molar-refractivity contribution in [1.82, 2.24) is 10.2 Å². The first kappa shape index (κ1) is 22.7. The van der Waals surface area contributed by atoms with Gasteiger partial charge in [-0.2, -0.15) is 0 Å². The van der Waals surface area contributed by atoms with Gasteiger partial charge in [-0.3, -0.25) is 19.7 Å². The fraction of sp³-hybridized carbons (Fsp3) is 0.391. The molecule has 1 N–H and O–H groups in total. The highest BCUT2D eigenvalue weighted by Gasteiger charge is 2.30. The Morgan fingerprint density at radius 3 is 2.39 bits per heavy atom. The Morgan fingerprint density at radius 1 is 1.13 bits per heavy atom. The number of nitro benzene ring substituents is 1. The van der Waals surface area contributed by atoms with Gasteiger partial charge in [0.1, 0.15) is 6.04 Å². The molecule has 2 aromatic rings. The molecule has 1 fully saturated rings. The average molecular weight is 444 g/mol. The Labute approximate surface area is 186 Å². The number of nitro groups is 1. The van der Waals surface area contributed by atoms with E-state index in [4.69, 9.17) is 11.6 Å². The molecule has 1 aliphatic carbocycles. The molecule has 0 spiro atoms. The standard InChI is InChI=1S/C23H26ClN3O4/c1-16(23(29)25-19-10-4-5-11-19)26(15-18-9-2-6-12-20(18)24)22(28)14-17-8-3-7-13-21(17)27(30)31/h2-3,6-9,12-13,16,19H,4-5,10-11,14-15H2,1H3,(H,25,29). The van der Waals surface area contributed by atoms with E-state index >= 15 is 0 Å². The molecule has 0 saturated heterocycles. The van der Waals surface area contributed by atoms with Crippen molar-refractivity contribution in [2.75, 3.05) is 0 Å². The van der Waals surface area contributed by atoms with Crippen LogP contribution in [0.1, 0.15) is 43.7 Å². The van der Waals surface area contributed by atoms with E-state index in [0.29, 0.717) is 16.1 Å². The zero-order chi connectivity index (χ0) is 22.4. The quantitative estimate of drug-likeness (QED) is 0.487. The number of para-hydroxylation sites is 1. The smallest absolute Gasteiger partial charge is 0.273 e. The lowest BCUT2D eigenvalue weighted by Crippen LogP contribution is -2.50. The van der Waals surface area contributed by atoms with Crippen LogP contribution >= 0.6 is 11.6 Å². The largest absolute Gasteiger partial charge is 0.352 e. The topological polar surface area (TPSA) is 92.6 Å². The zero-order valence-electron chi connectivity index (χ0n) is 17.4. The number of rotatable bonds is 8. The molecule has 0 aromatic heterocycles. The van der Waals surface area contributed by atoms with Crippen LogP contribution in [0.25, 0.3) is 0 Å². The molecule has 1 saturated carbocycles. The van der Waals surface area contributed by atoms with Crippen LogP contribution < -0.4 is 5.32 Å². The number of hydrogen-bond acceptors (Lipinski definition) is 4. The van der Waals surface area contributed by atoms with Crippen LogP contribution in [0.3, 0.4) is 0 Å². The lowest BCUT2D eigenvalue weighted by molar-refractivity contribution is -0.385. The van der Waals surface area contributed by atoms with Gasteiger partial charge < -0.3 is 10.2 Å². The van der Waals surface area contributed by atoms with Crippen molar-refractivity contribution in [3.63, 3.8) is 0 Å². The summed E-state index contributed by atoms with van der Waals surface area (Å²) >= 11 is 6.29. The van der Waals surface area contributed by atoms with Gasteiger partial charge in [0, 0.05) is 29.2 Å². The van der Waals surface area contributed by atoms with E-state index in [2.05, 4.69) is 5.32 Å². The Kier molecular flexibility index (Phi) is 7.63. The van der Waals surface area contributed by atoms with Gasteiger partial charge in [-0.25, -0.2) is 0 Å². The minimum atomic E-state index is -0.743. The van der Waals surface area contributed by atoms with E-state index in [9.17, 15) is 19.7 Å². The fourth-order valence-electron chi connectivity index (χ4n) is 3.89. The van der Waals surface area contributed by atoms with Crippen molar-refractivity contribution in [3.05, 3.63) is 74.8 Å². The van der Waals surface area contributed by atoms with Gasteiger partial charge in [0.2, 0.25) is 11.8 Å². The molecule has 3 rings (SSSR count). The van der Waals surface area contributed by atoms with Crippen molar-refractivity contribution in [3.8, 4) is 0 Å². The van der Waals surface area contributed by atoms with Crippen molar-refractivity contribution in [2.24, 2.45) is 0 Å². The van der Waals surface area contributed by atoms with Crippen molar-refractivity contribution < 1.29 is 14.5 Å². The Balaban J connectivity index is 1.84. The fourth-order valence-corrected chi connectivity index (χ4v) is 4.08. The first-order chi connectivity index (χ1) is 14.9. The van der Waals surface area contributed by atoms with E-state index in [0.717, 1.165) is 25.7 Å². The van der Waals surface area contributed by atoms with E-state index < -0.39 is 11.0 Å². The number of nitrogens with one attached hydrogen (secondary N) is 1. The SMILES string of the molecule is CC(C(=O)NC1CCCC1)N(Cc1ccccc1Cl)C(=O)Cc1ccccc1[N+](=O)[O-]. The molecule has 1 aliphatic rings. The van der Waals surface area contributed by atoms with Crippen LogP contribution in [0.5, 0.6) is 0 Å². The molecule has 7 nitrogen and oxygen atoms in total. The summed E-state index contributed by atoms with van der Waals surface area (Å²) in [6.45, 7) is 1.82. The summed E-state index contributed by atoms with van der Waals surface area (Å²) in [5, 5.41) is 14.9. The van der Waals surface area contributed by atoms with Gasteiger partial charge in [0.15, 0.2) is 0 Å². The first-order valence-corrected chi connectivity index (χ1v) is 10.8. The monoisotopic (exact) mass is 443 g/mol. The molecule has 2 amide bonds. The molecule has 0 heterocycles. The maximum Gasteiger partial charge on any atom is 0.273 e. The van der Waals surface area contributed by atoms with Gasteiger partial charge in [-0.15, -0.1) is 0 Å². The van der Waals surface area contributed by atoms with Crippen molar-refractivity contribution in [2.45, 2.75) is 57.7 Å². The van der Waals surface area contributed by atoms with Crippen LogP contribution in [-0.4, -0.2) is 33.7 Å². The highest BCUT2D eigenvalue weighted by Crippen LogP contribution is 2.23. The number of hydrogen-bond donors (Lipinski definition) is 1. The van der Waals surface area contributed by atoms with Gasteiger partial charge in [0.05, 0.1) is 11.3 Å². The minimum Gasteiger partial charge on any atom is -0.352 e. The molecule has 164 valence electrons. The van der Waals surface area contributed by atoms with Gasteiger partial charge >= 0.3 is 0 Å². The van der Waals surface area contributed by atoms with E-state index in [1.54, 1.807) is 43.3 Å². The lowest BCUT2D eigenvalue weighted by atomic mass is 10.1. The van der Waals surface area contributed by atoms with E-state index in [1.807, 2.05) is 6.07 Å². The molecular formula is C23H26ClN3O4. The summed E-state index contributed by atoms with van der Waals surface area (Å²) in [5.41, 5.74) is 0.905. The Hall–Kier alpha value is -2.93. The van der Waals surface area contributed by atoms with Crippen LogP contribution in [0.15, 0.2) is 48.5 Å². The summed E-state index contributed by atoms with van der Waals surface area (Å²) in [4.78, 5) is 38.5. The normalized spacial score (nSPS) is 14.8. The zero-order valence-corrected chi connectivity index (χ0v) is 18.2. The first-order valence-electron chi connectivity index (χ1n) is 10.4. The second-order valence-corrected chi connectivity index (χ2v) is 8.25. The molecule has 0 aliphatic heterocycles. The molecule has 1 unspecified atom stereocenters. The third kappa shape index (κ3) is 5.82. The molecule has 8 heteroatoms. The molecular weight excluding hydrogens is 418 g/mol. The number of carbonyl (C=O) groups excluding carboxylic acids is 2. The minimum absolute atomic E-state index is 0.114. The van der Waals surface area contributed by atoms with Crippen LogP contribution in [0.4, 0.5) is 5.69 Å². The third-order valence-electron chi connectivity index (χ3n) is 5.70. The predicted molar refractivity (Wildman–Crippen MR) is 119 cm³/mol. The maximum atomic E-state index is 13.3. The summed E-state index contributed by atoms with van der Waals surface area (Å²) < 4.78 is 0. The molecule has 0 bridgehead atoms. The van der Waals surface area contributed by atoms with E-state index in [-0.39, 0.29) is 36.5 Å². The Bertz CT molecular complexity index is 959. The van der Waals surface area contributed by atoms with Crippen LogP contribution in [0.2, 0.25) is 5.02 Å². The van der Waals surface area contributed by atoms with Crippen molar-refractivity contribution >= 4 is 29.1 Å². The summed E-state index contributed by atoms with van der Waals surface area (Å²) in [6.07, 6.45) is 3.86. The second kappa shape index (κ2) is 10.4. The average Bonchev–Trinajstić information content (AvgIpc) is 3.25. The number of halogens is 1. The van der Waals surface area contributed by atoms with Gasteiger partial charge in [-0.1, -0.05) is 60.8 Å². The highest BCUT2D eigenvalue weighted by atomic mass is 35.5. The van der Waals surface area contributed by atoms with Crippen LogP contribution in [-0.2, 0) is 22.6 Å². The summed E-state index contributed by atoms with van der Waals surface area (Å²) in [6, 6.07) is 12.7. The molecule has 0 radical (unpaired) electrons. The maximum absolute atomic E-state index is 13.3. The van der Waals surface area contributed by atoms with Crippen molar-refractivity contribution in [1.29, 1.82) is 0 Å². The van der Waals surface area contributed by atoms with E-state index in [1.165, 1.54) is 11.0 Å². The number of amides is 2. The molecule has 2 aromatic carbocycles. The van der Waals surface area contributed by atoms with Gasteiger partial charge in [0.25, 0.3) is 5.69 Å². The van der Waals surface area contributed by atoms with Gasteiger partial charge in [-0.05, 0) is 31.4 Å².